The Hall–Kier alpha value is -2.93. The minimum absolute atomic E-state index is 0.187. The summed E-state index contributed by atoms with van der Waals surface area (Å²) < 4.78 is 6.33. The van der Waals surface area contributed by atoms with Crippen molar-refractivity contribution in [3.8, 4) is 0 Å². The molecule has 1 aromatic carbocycles. The molecule has 32 heavy (non-hydrogen) atoms. The molecule has 7 nitrogen and oxygen atoms in total. The summed E-state index contributed by atoms with van der Waals surface area (Å²) in [7, 11) is 2.02. The largest absolute Gasteiger partial charge is 0.461 e. The van der Waals surface area contributed by atoms with Crippen LogP contribution in [0.2, 0.25) is 0 Å². The van der Waals surface area contributed by atoms with Gasteiger partial charge in [-0.1, -0.05) is 12.1 Å². The molecule has 3 aliphatic heterocycles. The second-order valence-electron chi connectivity index (χ2n) is 8.91. The third-order valence-corrected chi connectivity index (χ3v) is 6.57. The molecule has 2 aromatic rings. The fourth-order valence-electron chi connectivity index (χ4n) is 4.65. The van der Waals surface area contributed by atoms with Crippen molar-refractivity contribution in [2.24, 2.45) is 4.99 Å². The average molecular weight is 433 g/mol. The number of nitrogens with zero attached hydrogens (tertiary/aromatic N) is 6. The molecule has 1 aromatic heterocycles. The first kappa shape index (κ1) is 20.9. The molecular weight excluding hydrogens is 400 g/mol. The van der Waals surface area contributed by atoms with Crippen LogP contribution in [0.15, 0.2) is 53.9 Å². The van der Waals surface area contributed by atoms with Crippen molar-refractivity contribution in [1.82, 2.24) is 19.8 Å². The van der Waals surface area contributed by atoms with Gasteiger partial charge >= 0.3 is 0 Å². The second-order valence-corrected chi connectivity index (χ2v) is 8.91. The number of aromatic nitrogens is 2. The van der Waals surface area contributed by atoms with E-state index in [2.05, 4.69) is 55.0 Å². The van der Waals surface area contributed by atoms with Crippen molar-refractivity contribution in [3.05, 3.63) is 60.2 Å². The van der Waals surface area contributed by atoms with Crippen LogP contribution < -0.4 is 4.90 Å². The van der Waals surface area contributed by atoms with Crippen LogP contribution in [0.4, 0.5) is 5.69 Å². The first-order chi connectivity index (χ1) is 15.7. The summed E-state index contributed by atoms with van der Waals surface area (Å²) in [5.41, 5.74) is 4.42. The third-order valence-electron chi connectivity index (χ3n) is 6.57. The SMILES string of the molecule is CN1CC=C(c2ccncn2)N=C1OC1CCN(c2ccc(CN3CCCC3)cc2)CC1. The number of rotatable bonds is 5. The summed E-state index contributed by atoms with van der Waals surface area (Å²) in [6, 6.07) is 11.7. The van der Waals surface area contributed by atoms with Gasteiger partial charge in [0.1, 0.15) is 12.4 Å². The highest BCUT2D eigenvalue weighted by Gasteiger charge is 2.25. The van der Waals surface area contributed by atoms with Gasteiger partial charge in [0.25, 0.3) is 6.02 Å². The number of ether oxygens (including phenoxy) is 1. The molecule has 168 valence electrons. The van der Waals surface area contributed by atoms with Crippen LogP contribution in [0.3, 0.4) is 0 Å². The van der Waals surface area contributed by atoms with Crippen molar-refractivity contribution in [1.29, 1.82) is 0 Å². The van der Waals surface area contributed by atoms with Gasteiger partial charge < -0.3 is 14.5 Å². The lowest BCUT2D eigenvalue weighted by Gasteiger charge is -2.35. The van der Waals surface area contributed by atoms with Crippen molar-refractivity contribution in [2.75, 3.05) is 44.7 Å². The summed E-state index contributed by atoms with van der Waals surface area (Å²) in [5.74, 6) is 0. The van der Waals surface area contributed by atoms with E-state index in [0.717, 1.165) is 50.4 Å². The topological polar surface area (TPSA) is 57.1 Å². The van der Waals surface area contributed by atoms with Crippen LogP contribution in [0.1, 0.15) is 36.9 Å². The molecule has 7 heteroatoms. The molecule has 4 heterocycles. The van der Waals surface area contributed by atoms with Crippen molar-refractivity contribution in [3.63, 3.8) is 0 Å². The average Bonchev–Trinajstić information content (AvgIpc) is 3.35. The number of aliphatic imine (C=N–C) groups is 1. The van der Waals surface area contributed by atoms with Crippen LogP contribution in [-0.2, 0) is 11.3 Å². The molecule has 0 atom stereocenters. The maximum atomic E-state index is 6.33. The first-order valence-electron chi connectivity index (χ1n) is 11.7. The monoisotopic (exact) mass is 432 g/mol. The lowest BCUT2D eigenvalue weighted by Crippen LogP contribution is -2.41. The van der Waals surface area contributed by atoms with E-state index in [-0.39, 0.29) is 6.10 Å². The highest BCUT2D eigenvalue weighted by Crippen LogP contribution is 2.24. The molecule has 0 spiro atoms. The van der Waals surface area contributed by atoms with Crippen LogP contribution in [0.25, 0.3) is 5.70 Å². The minimum Gasteiger partial charge on any atom is -0.461 e. The highest BCUT2D eigenvalue weighted by molar-refractivity contribution is 5.83. The normalized spacial score (nSPS) is 20.3. The molecule has 3 aliphatic rings. The molecule has 0 amide bonds. The summed E-state index contributed by atoms with van der Waals surface area (Å²) in [6.45, 7) is 6.33. The van der Waals surface area contributed by atoms with Gasteiger partial charge in [0.15, 0.2) is 0 Å². The van der Waals surface area contributed by atoms with E-state index in [1.54, 1.807) is 12.5 Å². The zero-order chi connectivity index (χ0) is 21.8. The number of anilines is 1. The van der Waals surface area contributed by atoms with Gasteiger partial charge in [-0.2, -0.15) is 4.99 Å². The number of hydrogen-bond donors (Lipinski definition) is 0. The Morgan fingerprint density at radius 3 is 2.50 bits per heavy atom. The summed E-state index contributed by atoms with van der Waals surface area (Å²) in [6.07, 6.45) is 10.2. The molecule has 0 saturated carbocycles. The number of piperidine rings is 1. The lowest BCUT2D eigenvalue weighted by molar-refractivity contribution is 0.132. The molecule has 2 saturated heterocycles. The van der Waals surface area contributed by atoms with E-state index in [0.29, 0.717) is 6.02 Å². The van der Waals surface area contributed by atoms with E-state index in [1.165, 1.54) is 37.2 Å². The first-order valence-corrected chi connectivity index (χ1v) is 11.7. The van der Waals surface area contributed by atoms with Crippen LogP contribution in [0, 0.1) is 0 Å². The van der Waals surface area contributed by atoms with E-state index >= 15 is 0 Å². The van der Waals surface area contributed by atoms with Gasteiger partial charge in [0, 0.05) is 58.0 Å². The molecule has 0 aliphatic carbocycles. The quantitative estimate of drug-likeness (QED) is 0.722. The molecule has 0 bridgehead atoms. The highest BCUT2D eigenvalue weighted by atomic mass is 16.5. The van der Waals surface area contributed by atoms with Crippen LogP contribution >= 0.6 is 0 Å². The fraction of sp³-hybridized carbons (Fsp3) is 0.480. The Labute approximate surface area is 190 Å². The molecule has 5 rings (SSSR count). The fourth-order valence-corrected chi connectivity index (χ4v) is 4.65. The standard InChI is InChI=1S/C25H32N6O/c1-29-15-11-24(23-8-12-26-19-27-23)28-25(29)32-22-9-16-31(17-10-22)21-6-4-20(5-7-21)18-30-13-2-3-14-30/h4-8,11-12,19,22H,2-3,9-10,13-18H2,1H3. The van der Waals surface area contributed by atoms with Crippen LogP contribution in [0.5, 0.6) is 0 Å². The predicted octanol–water partition coefficient (Wildman–Crippen LogP) is 3.40. The van der Waals surface area contributed by atoms with Gasteiger partial charge in [-0.05, 0) is 55.8 Å². The zero-order valence-electron chi connectivity index (χ0n) is 18.9. The smallest absolute Gasteiger partial charge is 0.292 e. The molecule has 0 N–H and O–H groups in total. The zero-order valence-corrected chi connectivity index (χ0v) is 18.9. The van der Waals surface area contributed by atoms with Gasteiger partial charge in [-0.25, -0.2) is 9.97 Å². The Kier molecular flexibility index (Phi) is 6.34. The van der Waals surface area contributed by atoms with Crippen molar-refractivity contribution in [2.45, 2.75) is 38.3 Å². The van der Waals surface area contributed by atoms with E-state index in [9.17, 15) is 0 Å². The van der Waals surface area contributed by atoms with Crippen LogP contribution in [-0.4, -0.2) is 71.7 Å². The Morgan fingerprint density at radius 1 is 1.00 bits per heavy atom. The molecule has 0 unspecified atom stereocenters. The molecule has 0 radical (unpaired) electrons. The van der Waals surface area contributed by atoms with Gasteiger partial charge in [0.05, 0.1) is 11.4 Å². The molecular formula is C25H32N6O. The number of benzene rings is 1. The second kappa shape index (κ2) is 9.69. The number of likely N-dealkylation sites (N-methyl/N-ethyl adjacent to an activating group) is 1. The Morgan fingerprint density at radius 2 is 1.78 bits per heavy atom. The summed E-state index contributed by atoms with van der Waals surface area (Å²) in [4.78, 5) is 20.1. The number of amidine groups is 1. The van der Waals surface area contributed by atoms with Gasteiger partial charge in [-0.3, -0.25) is 4.90 Å². The Balaban J connectivity index is 1.15. The Bertz CT molecular complexity index is 944. The van der Waals surface area contributed by atoms with Gasteiger partial charge in [-0.15, -0.1) is 0 Å². The predicted molar refractivity (Wildman–Crippen MR) is 127 cm³/mol. The number of likely N-dealkylation sites (tertiary alicyclic amines) is 1. The maximum Gasteiger partial charge on any atom is 0.292 e. The minimum atomic E-state index is 0.187. The van der Waals surface area contributed by atoms with E-state index in [1.807, 2.05) is 13.1 Å². The van der Waals surface area contributed by atoms with Crippen molar-refractivity contribution >= 4 is 17.4 Å². The lowest BCUT2D eigenvalue weighted by atomic mass is 10.1. The van der Waals surface area contributed by atoms with Crippen molar-refractivity contribution < 1.29 is 4.74 Å². The van der Waals surface area contributed by atoms with E-state index < -0.39 is 0 Å². The van der Waals surface area contributed by atoms with E-state index in [4.69, 9.17) is 9.73 Å². The number of hydrogen-bond acceptors (Lipinski definition) is 7. The third kappa shape index (κ3) is 4.93. The molecule has 2 fully saturated rings. The summed E-state index contributed by atoms with van der Waals surface area (Å²) in [5, 5.41) is 0. The maximum absolute atomic E-state index is 6.33. The summed E-state index contributed by atoms with van der Waals surface area (Å²) >= 11 is 0. The van der Waals surface area contributed by atoms with Gasteiger partial charge in [0.2, 0.25) is 0 Å².